The average Bonchev–Trinajstić information content (AvgIpc) is 3.79. The summed E-state index contributed by atoms with van der Waals surface area (Å²) in [5.74, 6) is 0.167. The van der Waals surface area contributed by atoms with E-state index in [-0.39, 0.29) is 65.6 Å². The van der Waals surface area contributed by atoms with E-state index in [2.05, 4.69) is 16.8 Å². The number of aromatic hydroxyl groups is 2. The fourth-order valence-corrected chi connectivity index (χ4v) is 12.7. The molecule has 3 N–H and O–H groups in total. The number of phenols is 2. The number of hydrogen-bond acceptors (Lipinski definition) is 9. The molecular weight excluding hydrogens is 624 g/mol. The maximum absolute atomic E-state index is 15.4. The summed E-state index contributed by atoms with van der Waals surface area (Å²) in [4.78, 5) is 48.7. The van der Waals surface area contributed by atoms with Crippen LogP contribution in [0.25, 0.3) is 0 Å². The van der Waals surface area contributed by atoms with Gasteiger partial charge in [-0.25, -0.2) is 0 Å². The molecule has 1 aliphatic carbocycles. The number of fused-ring (bicyclic) bond motifs is 5. The number of nitrogens with zero attached hydrogens (tertiary/aromatic N) is 3. The lowest BCUT2D eigenvalue weighted by atomic mass is 9.50. The third-order valence-electron chi connectivity index (χ3n) is 14.1. The van der Waals surface area contributed by atoms with Gasteiger partial charge in [-0.15, -0.1) is 0 Å². The van der Waals surface area contributed by atoms with Gasteiger partial charge in [0.25, 0.3) is 0 Å². The minimum absolute atomic E-state index is 0.0775. The topological polar surface area (TPSA) is 132 Å². The Kier molecular flexibility index (Phi) is 5.57. The minimum Gasteiger partial charge on any atom is -0.506 e. The van der Waals surface area contributed by atoms with Crippen molar-refractivity contribution in [2.24, 2.45) is 5.41 Å². The molecule has 2 bridgehead atoms. The number of Topliss-reactive ketones (excluding diaryl/α,β-unsaturated/α-hetero) is 1. The molecule has 0 aromatic heterocycles. The van der Waals surface area contributed by atoms with Crippen LogP contribution in [0, 0.1) is 5.41 Å². The van der Waals surface area contributed by atoms with Crippen LogP contribution < -0.4 is 19.9 Å². The number of allylic oxidation sites excluding steroid dienone is 1. The molecule has 256 valence electrons. The zero-order chi connectivity index (χ0) is 33.9. The maximum atomic E-state index is 15.4. The summed E-state index contributed by atoms with van der Waals surface area (Å²) in [7, 11) is 1.49. The number of anilines is 2. The zero-order valence-corrected chi connectivity index (χ0v) is 28.1. The summed E-state index contributed by atoms with van der Waals surface area (Å²) in [6.07, 6.45) is 6.20. The van der Waals surface area contributed by atoms with Gasteiger partial charge in [0.05, 0.1) is 41.1 Å². The first-order valence-electron chi connectivity index (χ1n) is 17.9. The van der Waals surface area contributed by atoms with Gasteiger partial charge in [0.2, 0.25) is 11.8 Å². The summed E-state index contributed by atoms with van der Waals surface area (Å²) < 4.78 is 13.2. The highest BCUT2D eigenvalue weighted by Crippen LogP contribution is 2.76. The van der Waals surface area contributed by atoms with Crippen molar-refractivity contribution < 1.29 is 34.1 Å². The van der Waals surface area contributed by atoms with E-state index in [1.54, 1.807) is 12.1 Å². The van der Waals surface area contributed by atoms with Crippen LogP contribution in [0.3, 0.4) is 0 Å². The molecule has 5 saturated heterocycles. The number of amides is 2. The molecule has 7 aliphatic heterocycles. The molecule has 2 aromatic rings. The number of piperidine rings is 2. The van der Waals surface area contributed by atoms with Crippen LogP contribution in [0.1, 0.15) is 87.8 Å². The zero-order valence-electron chi connectivity index (χ0n) is 28.1. The minimum atomic E-state index is -1.36. The average molecular weight is 667 g/mol. The molecule has 6 unspecified atom stereocenters. The lowest BCUT2D eigenvalue weighted by Crippen LogP contribution is -2.73. The summed E-state index contributed by atoms with van der Waals surface area (Å²) >= 11 is 0. The number of hydrogen-bond donors (Lipinski definition) is 3. The Morgan fingerprint density at radius 3 is 2.71 bits per heavy atom. The van der Waals surface area contributed by atoms with Gasteiger partial charge in [-0.05, 0) is 68.3 Å². The van der Waals surface area contributed by atoms with Crippen LogP contribution in [0.5, 0.6) is 17.2 Å². The van der Waals surface area contributed by atoms with E-state index in [1.165, 1.54) is 12.0 Å². The van der Waals surface area contributed by atoms with E-state index in [4.69, 9.17) is 9.47 Å². The number of carbonyl (C=O) groups excluding carboxylic acids is 3. The Morgan fingerprint density at radius 2 is 1.92 bits per heavy atom. The van der Waals surface area contributed by atoms with E-state index < -0.39 is 22.2 Å². The van der Waals surface area contributed by atoms with E-state index in [1.807, 2.05) is 24.0 Å². The van der Waals surface area contributed by atoms with E-state index in [0.29, 0.717) is 35.5 Å². The molecule has 7 heterocycles. The number of para-hydroxylation sites is 1. The van der Waals surface area contributed by atoms with Gasteiger partial charge in [-0.2, -0.15) is 0 Å². The molecule has 11 nitrogen and oxygen atoms in total. The number of carbonyl (C=O) groups is 3. The number of rotatable bonds is 3. The van der Waals surface area contributed by atoms with Crippen LogP contribution in [0.15, 0.2) is 36.6 Å². The molecule has 11 heteroatoms. The normalized spacial score (nSPS) is 38.0. The second kappa shape index (κ2) is 9.17. The lowest BCUT2D eigenvalue weighted by molar-refractivity contribution is -0.223. The van der Waals surface area contributed by atoms with E-state index >= 15 is 4.79 Å². The van der Waals surface area contributed by atoms with Crippen molar-refractivity contribution in [2.45, 2.75) is 99.4 Å². The molecule has 1 saturated carbocycles. The molecule has 8 aliphatic rings. The number of benzene rings is 2. The van der Waals surface area contributed by atoms with Gasteiger partial charge in [-0.1, -0.05) is 25.6 Å². The maximum Gasteiger partial charge on any atom is 0.229 e. The molecule has 10 rings (SSSR count). The fraction of sp³-hybridized carbons (Fsp3) is 0.553. The first kappa shape index (κ1) is 29.8. The van der Waals surface area contributed by atoms with Gasteiger partial charge >= 0.3 is 0 Å². The smallest absolute Gasteiger partial charge is 0.229 e. The fourth-order valence-electron chi connectivity index (χ4n) is 12.7. The van der Waals surface area contributed by atoms with Crippen LogP contribution >= 0.6 is 0 Å². The quantitative estimate of drug-likeness (QED) is 0.444. The molecule has 6 fully saturated rings. The molecule has 2 amide bonds. The number of nitrogens with one attached hydrogen (secondary N) is 1. The van der Waals surface area contributed by atoms with Crippen molar-refractivity contribution in [3.05, 3.63) is 53.3 Å². The highest BCUT2D eigenvalue weighted by molar-refractivity contribution is 6.17. The van der Waals surface area contributed by atoms with Crippen LogP contribution in [0.4, 0.5) is 11.4 Å². The van der Waals surface area contributed by atoms with Gasteiger partial charge < -0.3 is 24.6 Å². The number of ketones is 1. The van der Waals surface area contributed by atoms with Crippen molar-refractivity contribution in [2.75, 3.05) is 36.5 Å². The predicted molar refractivity (Wildman–Crippen MR) is 179 cm³/mol. The summed E-state index contributed by atoms with van der Waals surface area (Å²) in [6.45, 7) is 8.31. The van der Waals surface area contributed by atoms with Gasteiger partial charge in [0.1, 0.15) is 5.75 Å². The first-order valence-corrected chi connectivity index (χ1v) is 17.9. The first-order chi connectivity index (χ1) is 23.6. The van der Waals surface area contributed by atoms with Crippen molar-refractivity contribution in [1.82, 2.24) is 10.2 Å². The molecular formula is C38H42N4O7. The highest BCUT2D eigenvalue weighted by atomic mass is 16.5. The number of phenolic OH excluding ortho intramolecular Hbond substituents is 2. The third-order valence-corrected chi connectivity index (χ3v) is 14.1. The Hall–Kier alpha value is -4.09. The SMILES string of the molecule is C=C1CC23CCCN4CCC5(c6cc(C78CCNC9(CCC(=O)N9c9c(O)cccc97)C8=O)c(OC)c(O)c6N(C(=O)CC)C5CC2)C43O1. The molecule has 2 aromatic carbocycles. The number of ether oxygens (including phenoxy) is 2. The van der Waals surface area contributed by atoms with Crippen LogP contribution in [-0.2, 0) is 30.0 Å². The van der Waals surface area contributed by atoms with Crippen molar-refractivity contribution in [1.29, 1.82) is 0 Å². The second-order valence-electron chi connectivity index (χ2n) is 15.6. The molecule has 0 radical (unpaired) electrons. The largest absolute Gasteiger partial charge is 0.506 e. The third kappa shape index (κ3) is 2.91. The van der Waals surface area contributed by atoms with Gasteiger partial charge in [-0.3, -0.25) is 29.5 Å². The van der Waals surface area contributed by atoms with Crippen molar-refractivity contribution in [3.8, 4) is 17.2 Å². The van der Waals surface area contributed by atoms with Crippen LogP contribution in [-0.4, -0.2) is 76.9 Å². The lowest BCUT2D eigenvalue weighted by Gasteiger charge is -2.62. The molecule has 3 spiro atoms. The van der Waals surface area contributed by atoms with Crippen molar-refractivity contribution in [3.63, 3.8) is 0 Å². The summed E-state index contributed by atoms with van der Waals surface area (Å²) in [6, 6.07) is 6.86. The number of methoxy groups -OCH3 is 1. The summed E-state index contributed by atoms with van der Waals surface area (Å²) in [5, 5.41) is 27.4. The van der Waals surface area contributed by atoms with E-state index in [0.717, 1.165) is 62.9 Å². The highest BCUT2D eigenvalue weighted by Gasteiger charge is 2.82. The molecule has 49 heavy (non-hydrogen) atoms. The molecule has 6 atom stereocenters. The van der Waals surface area contributed by atoms with Crippen LogP contribution in [0.2, 0.25) is 0 Å². The Labute approximate surface area is 284 Å². The second-order valence-corrected chi connectivity index (χ2v) is 15.6. The van der Waals surface area contributed by atoms with Crippen molar-refractivity contribution >= 4 is 29.0 Å². The Morgan fingerprint density at radius 1 is 1.08 bits per heavy atom. The monoisotopic (exact) mass is 666 g/mol. The predicted octanol–water partition coefficient (Wildman–Crippen LogP) is 4.06. The Bertz CT molecular complexity index is 1950. The van der Waals surface area contributed by atoms with Gasteiger partial charge in [0.15, 0.2) is 28.7 Å². The standard InChI is InChI=1S/C38H42N4O7/c1-4-27(44)41-26-9-12-34-11-6-17-40-18-15-36(26,38(34,40)49-21(2)20-34)23-19-24(32(48-3)31(46)30(23)41)35-14-16-39-37(33(35)47)13-10-28(45)42(37)29-22(35)7-5-8-25(29)43/h5,7-8,19,26,39,43,46H,2,4,6,9-18,20H2,1,3H3. The summed E-state index contributed by atoms with van der Waals surface area (Å²) in [5.41, 5.74) is -1.72. The Balaban J connectivity index is 1.32. The van der Waals surface area contributed by atoms with E-state index in [9.17, 15) is 19.8 Å². The van der Waals surface area contributed by atoms with Gasteiger partial charge in [0, 0.05) is 49.8 Å².